The van der Waals surface area contributed by atoms with Gasteiger partial charge in [0.05, 0.1) is 11.0 Å². The zero-order valence-electron chi connectivity index (χ0n) is 11.2. The number of nitrogens with one attached hydrogen (secondary N) is 1. The lowest BCUT2D eigenvalue weighted by Crippen LogP contribution is -2.33. The molecule has 0 saturated carbocycles. The standard InChI is InChI=1S/C12H16FN3O4/c1-3-20-7(2)6-15-12(17)10-8(13)4-5-9(11(10)14)16(18)19/h4-5,7H,3,6,14H2,1-2H3,(H,15,17). The topological polar surface area (TPSA) is 107 Å². The summed E-state index contributed by atoms with van der Waals surface area (Å²) >= 11 is 0. The molecule has 0 radical (unpaired) electrons. The number of nitro benzene ring substituents is 1. The number of benzene rings is 1. The molecule has 0 bridgehead atoms. The Morgan fingerprint density at radius 2 is 2.25 bits per heavy atom. The number of nitrogen functional groups attached to an aromatic ring is 1. The van der Waals surface area contributed by atoms with Crippen LogP contribution >= 0.6 is 0 Å². The molecule has 1 unspecified atom stereocenters. The number of amides is 1. The average Bonchev–Trinajstić information content (AvgIpc) is 2.36. The Morgan fingerprint density at radius 3 is 2.80 bits per heavy atom. The van der Waals surface area contributed by atoms with Gasteiger partial charge in [0.15, 0.2) is 0 Å². The fraction of sp³-hybridized carbons (Fsp3) is 0.417. The van der Waals surface area contributed by atoms with Gasteiger partial charge in [-0.25, -0.2) is 4.39 Å². The number of ether oxygens (including phenoxy) is 1. The van der Waals surface area contributed by atoms with Crippen LogP contribution in [0, 0.1) is 15.9 Å². The largest absolute Gasteiger partial charge is 0.392 e. The first kappa shape index (κ1) is 15.8. The zero-order chi connectivity index (χ0) is 15.3. The molecule has 1 rings (SSSR count). The van der Waals surface area contributed by atoms with Gasteiger partial charge in [0.1, 0.15) is 17.1 Å². The van der Waals surface area contributed by atoms with E-state index in [4.69, 9.17) is 10.5 Å². The quantitative estimate of drug-likeness (QED) is 0.467. The van der Waals surface area contributed by atoms with Gasteiger partial charge in [-0.3, -0.25) is 14.9 Å². The van der Waals surface area contributed by atoms with Gasteiger partial charge in [0.25, 0.3) is 11.6 Å². The summed E-state index contributed by atoms with van der Waals surface area (Å²) in [5.41, 5.74) is 3.96. The van der Waals surface area contributed by atoms with Crippen LogP contribution < -0.4 is 11.1 Å². The third-order valence-electron chi connectivity index (χ3n) is 2.60. The molecular formula is C12H16FN3O4. The molecule has 0 spiro atoms. The molecule has 1 aromatic rings. The number of nitro groups is 1. The number of anilines is 1. The first-order valence-corrected chi connectivity index (χ1v) is 6.00. The lowest BCUT2D eigenvalue weighted by Gasteiger charge is -2.13. The van der Waals surface area contributed by atoms with E-state index in [0.717, 1.165) is 12.1 Å². The van der Waals surface area contributed by atoms with Crippen LogP contribution in [0.25, 0.3) is 0 Å². The number of hydrogen-bond acceptors (Lipinski definition) is 5. The van der Waals surface area contributed by atoms with Crippen LogP contribution in [0.5, 0.6) is 0 Å². The van der Waals surface area contributed by atoms with Crippen molar-refractivity contribution < 1.29 is 18.8 Å². The summed E-state index contributed by atoms with van der Waals surface area (Å²) < 4.78 is 18.8. The zero-order valence-corrected chi connectivity index (χ0v) is 11.2. The van der Waals surface area contributed by atoms with Gasteiger partial charge in [0.2, 0.25) is 0 Å². The summed E-state index contributed by atoms with van der Waals surface area (Å²) in [7, 11) is 0. The molecule has 0 aliphatic heterocycles. The van der Waals surface area contributed by atoms with E-state index < -0.39 is 33.6 Å². The average molecular weight is 285 g/mol. The van der Waals surface area contributed by atoms with E-state index in [1.807, 2.05) is 0 Å². The molecule has 0 heterocycles. The van der Waals surface area contributed by atoms with Gasteiger partial charge in [0, 0.05) is 19.2 Å². The third kappa shape index (κ3) is 3.64. The maximum atomic E-state index is 13.6. The predicted octanol–water partition coefficient (Wildman–Crippen LogP) is 1.47. The van der Waals surface area contributed by atoms with Crippen molar-refractivity contribution in [2.24, 2.45) is 0 Å². The second-order valence-electron chi connectivity index (χ2n) is 4.09. The Bertz CT molecular complexity index is 522. The fourth-order valence-corrected chi connectivity index (χ4v) is 1.64. The van der Waals surface area contributed by atoms with E-state index in [9.17, 15) is 19.3 Å². The highest BCUT2D eigenvalue weighted by atomic mass is 19.1. The van der Waals surface area contributed by atoms with Crippen molar-refractivity contribution in [2.45, 2.75) is 20.0 Å². The minimum atomic E-state index is -0.908. The van der Waals surface area contributed by atoms with E-state index in [1.165, 1.54) is 0 Å². The van der Waals surface area contributed by atoms with Gasteiger partial charge in [-0.2, -0.15) is 0 Å². The Hall–Kier alpha value is -2.22. The van der Waals surface area contributed by atoms with E-state index in [2.05, 4.69) is 5.32 Å². The van der Waals surface area contributed by atoms with Crippen LogP contribution in [0.3, 0.4) is 0 Å². The molecule has 0 aliphatic carbocycles. The van der Waals surface area contributed by atoms with Crippen LogP contribution in [-0.4, -0.2) is 30.1 Å². The highest BCUT2D eigenvalue weighted by Gasteiger charge is 2.23. The smallest absolute Gasteiger partial charge is 0.293 e. The Kier molecular flexibility index (Phi) is 5.39. The van der Waals surface area contributed by atoms with Crippen molar-refractivity contribution in [3.05, 3.63) is 33.6 Å². The highest BCUT2D eigenvalue weighted by Crippen LogP contribution is 2.27. The minimum Gasteiger partial charge on any atom is -0.392 e. The van der Waals surface area contributed by atoms with E-state index in [0.29, 0.717) is 6.61 Å². The lowest BCUT2D eigenvalue weighted by atomic mass is 10.1. The van der Waals surface area contributed by atoms with Crippen LogP contribution in [0.1, 0.15) is 24.2 Å². The van der Waals surface area contributed by atoms with Crippen molar-refractivity contribution in [2.75, 3.05) is 18.9 Å². The lowest BCUT2D eigenvalue weighted by molar-refractivity contribution is -0.384. The van der Waals surface area contributed by atoms with Gasteiger partial charge in [-0.15, -0.1) is 0 Å². The molecule has 1 aromatic carbocycles. The second-order valence-corrected chi connectivity index (χ2v) is 4.09. The normalized spacial score (nSPS) is 11.9. The van der Waals surface area contributed by atoms with Crippen LogP contribution in [0.4, 0.5) is 15.8 Å². The number of nitrogens with zero attached hydrogens (tertiary/aromatic N) is 1. The molecule has 8 heteroatoms. The van der Waals surface area contributed by atoms with Crippen LogP contribution in [-0.2, 0) is 4.74 Å². The third-order valence-corrected chi connectivity index (χ3v) is 2.60. The molecule has 1 amide bonds. The summed E-state index contributed by atoms with van der Waals surface area (Å²) in [6.07, 6.45) is -0.257. The van der Waals surface area contributed by atoms with Crippen molar-refractivity contribution in [1.82, 2.24) is 5.32 Å². The first-order chi connectivity index (χ1) is 9.38. The number of nitrogens with two attached hydrogens (primary N) is 1. The second kappa shape index (κ2) is 6.80. The SMILES string of the molecule is CCOC(C)CNC(=O)c1c(F)ccc([N+](=O)[O-])c1N. The first-order valence-electron chi connectivity index (χ1n) is 6.00. The summed E-state index contributed by atoms with van der Waals surface area (Å²) in [5, 5.41) is 13.1. The van der Waals surface area contributed by atoms with E-state index >= 15 is 0 Å². The highest BCUT2D eigenvalue weighted by molar-refractivity contribution is 6.01. The van der Waals surface area contributed by atoms with Crippen molar-refractivity contribution in [3.63, 3.8) is 0 Å². The molecule has 0 aromatic heterocycles. The predicted molar refractivity (Wildman–Crippen MR) is 70.9 cm³/mol. The maximum absolute atomic E-state index is 13.6. The Balaban J connectivity index is 2.92. The number of halogens is 1. The van der Waals surface area contributed by atoms with Gasteiger partial charge in [-0.05, 0) is 19.9 Å². The van der Waals surface area contributed by atoms with Gasteiger partial charge < -0.3 is 15.8 Å². The minimum absolute atomic E-state index is 0.147. The van der Waals surface area contributed by atoms with Gasteiger partial charge >= 0.3 is 0 Å². The molecule has 1 atom stereocenters. The van der Waals surface area contributed by atoms with Crippen LogP contribution in [0.2, 0.25) is 0 Å². The van der Waals surface area contributed by atoms with E-state index in [1.54, 1.807) is 13.8 Å². The summed E-state index contributed by atoms with van der Waals surface area (Å²) in [6, 6.07) is 1.76. The molecule has 110 valence electrons. The van der Waals surface area contributed by atoms with Gasteiger partial charge in [-0.1, -0.05) is 0 Å². The molecule has 3 N–H and O–H groups in total. The number of hydrogen-bond donors (Lipinski definition) is 2. The molecule has 0 saturated heterocycles. The fourth-order valence-electron chi connectivity index (χ4n) is 1.64. The monoisotopic (exact) mass is 285 g/mol. The van der Waals surface area contributed by atoms with Crippen molar-refractivity contribution >= 4 is 17.3 Å². The molecule has 0 aliphatic rings. The number of carbonyl (C=O) groups excluding carboxylic acids is 1. The Morgan fingerprint density at radius 1 is 1.60 bits per heavy atom. The number of rotatable bonds is 6. The maximum Gasteiger partial charge on any atom is 0.293 e. The summed E-state index contributed by atoms with van der Waals surface area (Å²) in [6.45, 7) is 4.16. The number of carbonyl (C=O) groups is 1. The van der Waals surface area contributed by atoms with Crippen LogP contribution in [0.15, 0.2) is 12.1 Å². The molecule has 0 fully saturated rings. The molecule has 20 heavy (non-hydrogen) atoms. The summed E-state index contributed by atoms with van der Waals surface area (Å²) in [5.74, 6) is -1.72. The summed E-state index contributed by atoms with van der Waals surface area (Å²) in [4.78, 5) is 21.8. The van der Waals surface area contributed by atoms with Crippen molar-refractivity contribution in [1.29, 1.82) is 0 Å². The molecular weight excluding hydrogens is 269 g/mol. The molecule has 7 nitrogen and oxygen atoms in total. The van der Waals surface area contributed by atoms with Crippen molar-refractivity contribution in [3.8, 4) is 0 Å². The Labute approximate surface area is 115 Å². The van der Waals surface area contributed by atoms with E-state index in [-0.39, 0.29) is 12.6 Å².